The van der Waals surface area contributed by atoms with E-state index in [0.29, 0.717) is 5.76 Å². The number of ether oxygens (including phenoxy) is 1. The molecule has 0 aliphatic carbocycles. The first kappa shape index (κ1) is 12.8. The fourth-order valence-electron chi connectivity index (χ4n) is 1.88. The van der Waals surface area contributed by atoms with E-state index in [0.717, 1.165) is 12.8 Å². The number of halogens is 1. The van der Waals surface area contributed by atoms with Crippen LogP contribution in [0, 0.1) is 0 Å². The lowest BCUT2D eigenvalue weighted by atomic mass is 9.63. The monoisotopic (exact) mass is 272 g/mol. The standard InChI is InChI=1S/C11H18BBrO2/c1-3-4-5-6-7-11(12)8(2)15-10(14)9(11)13/h9H,2-7,12H2,1H3. The van der Waals surface area contributed by atoms with Crippen molar-refractivity contribution in [1.82, 2.24) is 0 Å². The van der Waals surface area contributed by atoms with Gasteiger partial charge in [-0.05, 0) is 6.42 Å². The summed E-state index contributed by atoms with van der Waals surface area (Å²) < 4.78 is 5.07. The number of hydrogen-bond acceptors (Lipinski definition) is 2. The van der Waals surface area contributed by atoms with Gasteiger partial charge >= 0.3 is 5.97 Å². The summed E-state index contributed by atoms with van der Waals surface area (Å²) in [5, 5.41) is -0.217. The van der Waals surface area contributed by atoms with E-state index in [1.54, 1.807) is 0 Å². The molecule has 0 saturated carbocycles. The Morgan fingerprint density at radius 1 is 1.53 bits per heavy atom. The molecule has 0 radical (unpaired) electrons. The summed E-state index contributed by atoms with van der Waals surface area (Å²) in [6, 6.07) is 0. The van der Waals surface area contributed by atoms with Crippen molar-refractivity contribution in [1.29, 1.82) is 0 Å². The third-order valence-corrected chi connectivity index (χ3v) is 4.56. The molecule has 0 bridgehead atoms. The largest absolute Gasteiger partial charge is 0.431 e. The number of carbonyl (C=O) groups is 1. The predicted molar refractivity (Wildman–Crippen MR) is 67.9 cm³/mol. The van der Waals surface area contributed by atoms with E-state index in [1.165, 1.54) is 19.3 Å². The molecule has 1 heterocycles. The van der Waals surface area contributed by atoms with Crippen molar-refractivity contribution in [2.24, 2.45) is 0 Å². The summed E-state index contributed by atoms with van der Waals surface area (Å²) in [7, 11) is 2.05. The van der Waals surface area contributed by atoms with Gasteiger partial charge in [0.25, 0.3) is 0 Å². The predicted octanol–water partition coefficient (Wildman–Crippen LogP) is 2.58. The number of hydrogen-bond donors (Lipinski definition) is 0. The second-order valence-corrected chi connectivity index (χ2v) is 5.35. The highest BCUT2D eigenvalue weighted by atomic mass is 79.9. The SMILES string of the molecule is BC1(CCCCCC)C(=C)OC(=O)C1Br. The van der Waals surface area contributed by atoms with Gasteiger partial charge < -0.3 is 4.74 Å². The normalized spacial score (nSPS) is 30.7. The van der Waals surface area contributed by atoms with Crippen molar-refractivity contribution in [3.63, 3.8) is 0 Å². The maximum Gasteiger partial charge on any atom is 0.325 e. The van der Waals surface area contributed by atoms with Gasteiger partial charge in [-0.2, -0.15) is 0 Å². The number of rotatable bonds is 5. The molecule has 2 unspecified atom stereocenters. The van der Waals surface area contributed by atoms with Crippen LogP contribution in [0.1, 0.15) is 39.0 Å². The van der Waals surface area contributed by atoms with E-state index in [2.05, 4.69) is 29.4 Å². The van der Waals surface area contributed by atoms with E-state index in [4.69, 9.17) is 4.74 Å². The minimum absolute atomic E-state index is 0.196. The number of esters is 1. The summed E-state index contributed by atoms with van der Waals surface area (Å²) >= 11 is 3.40. The first-order chi connectivity index (χ1) is 7.02. The van der Waals surface area contributed by atoms with Crippen molar-refractivity contribution in [3.05, 3.63) is 12.3 Å². The average Bonchev–Trinajstić information content (AvgIpc) is 2.39. The Morgan fingerprint density at radius 2 is 2.20 bits per heavy atom. The van der Waals surface area contributed by atoms with Gasteiger partial charge in [0.1, 0.15) is 18.4 Å². The number of carbonyl (C=O) groups excluding carboxylic acids is 1. The molecular formula is C11H18BBrO2. The fraction of sp³-hybridized carbons (Fsp3) is 0.727. The highest BCUT2D eigenvalue weighted by Crippen LogP contribution is 2.50. The third kappa shape index (κ3) is 2.66. The van der Waals surface area contributed by atoms with Crippen LogP contribution in [0.4, 0.5) is 0 Å². The Bertz CT molecular complexity index is 267. The summed E-state index contributed by atoms with van der Waals surface area (Å²) in [5.74, 6) is 0.420. The summed E-state index contributed by atoms with van der Waals surface area (Å²) in [4.78, 5) is 11.1. The minimum atomic E-state index is -0.223. The molecule has 2 nitrogen and oxygen atoms in total. The fourth-order valence-corrected chi connectivity index (χ4v) is 2.45. The van der Waals surface area contributed by atoms with Gasteiger partial charge in [-0.15, -0.1) is 0 Å². The molecule has 84 valence electrons. The van der Waals surface area contributed by atoms with Crippen molar-refractivity contribution in [3.8, 4) is 0 Å². The smallest absolute Gasteiger partial charge is 0.325 e. The molecule has 2 atom stereocenters. The zero-order valence-electron chi connectivity index (χ0n) is 9.51. The van der Waals surface area contributed by atoms with Gasteiger partial charge in [0, 0.05) is 5.31 Å². The Morgan fingerprint density at radius 3 is 2.67 bits per heavy atom. The van der Waals surface area contributed by atoms with Gasteiger partial charge in [0.05, 0.1) is 0 Å². The molecular weight excluding hydrogens is 255 g/mol. The van der Waals surface area contributed by atoms with Crippen LogP contribution >= 0.6 is 15.9 Å². The summed E-state index contributed by atoms with van der Waals surface area (Å²) in [5.41, 5.74) is 0. The zero-order chi connectivity index (χ0) is 11.5. The maximum atomic E-state index is 11.4. The second-order valence-electron chi connectivity index (χ2n) is 4.43. The highest BCUT2D eigenvalue weighted by molar-refractivity contribution is 9.10. The molecule has 1 saturated heterocycles. The average molecular weight is 273 g/mol. The van der Waals surface area contributed by atoms with Crippen LogP contribution in [0.5, 0.6) is 0 Å². The number of alkyl halides is 1. The maximum absolute atomic E-state index is 11.4. The molecule has 15 heavy (non-hydrogen) atoms. The Labute approximate surface area is 101 Å². The van der Waals surface area contributed by atoms with Gasteiger partial charge in [-0.1, -0.05) is 55.1 Å². The van der Waals surface area contributed by atoms with Gasteiger partial charge in [0.15, 0.2) is 0 Å². The van der Waals surface area contributed by atoms with E-state index < -0.39 is 0 Å². The van der Waals surface area contributed by atoms with Crippen LogP contribution in [0.25, 0.3) is 0 Å². The van der Waals surface area contributed by atoms with Crippen LogP contribution < -0.4 is 0 Å². The summed E-state index contributed by atoms with van der Waals surface area (Å²) in [6.07, 6.45) is 5.79. The third-order valence-electron chi connectivity index (χ3n) is 3.18. The van der Waals surface area contributed by atoms with Gasteiger partial charge in [-0.25, -0.2) is 0 Å². The second kappa shape index (κ2) is 5.19. The molecule has 0 amide bonds. The molecule has 4 heteroatoms. The molecule has 0 N–H and O–H groups in total. The molecule has 1 aliphatic rings. The first-order valence-corrected chi connectivity index (χ1v) is 6.49. The quantitative estimate of drug-likeness (QED) is 0.333. The topological polar surface area (TPSA) is 26.3 Å². The van der Waals surface area contributed by atoms with Crippen LogP contribution in [-0.4, -0.2) is 18.6 Å². The highest BCUT2D eigenvalue weighted by Gasteiger charge is 2.47. The number of unbranched alkanes of at least 4 members (excludes halogenated alkanes) is 3. The van der Waals surface area contributed by atoms with E-state index in [1.807, 2.05) is 7.85 Å². The lowest BCUT2D eigenvalue weighted by Crippen LogP contribution is -2.23. The Balaban J connectivity index is 2.50. The molecule has 1 rings (SSSR count). The molecule has 0 aromatic carbocycles. The van der Waals surface area contributed by atoms with E-state index >= 15 is 0 Å². The Kier molecular flexibility index (Phi) is 4.44. The van der Waals surface area contributed by atoms with Crippen LogP contribution in [0.2, 0.25) is 5.31 Å². The van der Waals surface area contributed by atoms with Crippen LogP contribution in [-0.2, 0) is 9.53 Å². The molecule has 0 aromatic heterocycles. The lowest BCUT2D eigenvalue weighted by Gasteiger charge is -2.24. The van der Waals surface area contributed by atoms with Gasteiger partial charge in [0.2, 0.25) is 0 Å². The molecule has 1 fully saturated rings. The first-order valence-electron chi connectivity index (χ1n) is 5.57. The van der Waals surface area contributed by atoms with Crippen LogP contribution in [0.15, 0.2) is 12.3 Å². The van der Waals surface area contributed by atoms with E-state index in [9.17, 15) is 4.79 Å². The van der Waals surface area contributed by atoms with Crippen molar-refractivity contribution < 1.29 is 9.53 Å². The molecule has 0 aromatic rings. The number of cyclic esters (lactones) is 1. The minimum Gasteiger partial charge on any atom is -0.431 e. The Hall–Kier alpha value is -0.245. The zero-order valence-corrected chi connectivity index (χ0v) is 11.1. The molecule has 0 spiro atoms. The number of allylic oxidation sites excluding steroid dienone is 1. The van der Waals surface area contributed by atoms with Crippen molar-refractivity contribution in [2.45, 2.75) is 49.2 Å². The lowest BCUT2D eigenvalue weighted by molar-refractivity contribution is -0.134. The van der Waals surface area contributed by atoms with Gasteiger partial charge in [-0.3, -0.25) is 4.79 Å². The molecule has 1 aliphatic heterocycles. The van der Waals surface area contributed by atoms with Crippen LogP contribution in [0.3, 0.4) is 0 Å². The van der Waals surface area contributed by atoms with E-state index in [-0.39, 0.29) is 16.1 Å². The van der Waals surface area contributed by atoms with Crippen molar-refractivity contribution in [2.75, 3.05) is 0 Å². The van der Waals surface area contributed by atoms with Crippen molar-refractivity contribution >= 4 is 29.7 Å². The summed E-state index contributed by atoms with van der Waals surface area (Å²) in [6.45, 7) is 6.02.